The summed E-state index contributed by atoms with van der Waals surface area (Å²) >= 11 is 1.63. The number of aliphatic carboxylic acids is 1. The first kappa shape index (κ1) is 35.1. The predicted molar refractivity (Wildman–Crippen MR) is 177 cm³/mol. The second kappa shape index (κ2) is 13.1. The molecule has 0 spiro atoms. The van der Waals surface area contributed by atoms with Crippen LogP contribution in [0.4, 0.5) is 15.0 Å². The number of sulfone groups is 1. The molecule has 0 radical (unpaired) electrons. The van der Waals surface area contributed by atoms with E-state index in [9.17, 15) is 27.5 Å². The summed E-state index contributed by atoms with van der Waals surface area (Å²) in [6.07, 6.45) is -1.23. The number of nitrogens with two attached hydrogens (primary N) is 1. The molecule has 2 heterocycles. The molecule has 0 saturated heterocycles. The van der Waals surface area contributed by atoms with E-state index >= 15 is 0 Å². The van der Waals surface area contributed by atoms with Crippen molar-refractivity contribution in [2.45, 2.75) is 69.4 Å². The molecular formula is C33H39FN4O6S2. The molecule has 1 aliphatic heterocycles. The lowest BCUT2D eigenvalue weighted by molar-refractivity contribution is -0.141. The third kappa shape index (κ3) is 7.59. The Balaban J connectivity index is 1.89. The molecule has 3 aromatic rings. The van der Waals surface area contributed by atoms with Crippen LogP contribution in [0, 0.1) is 11.2 Å². The van der Waals surface area contributed by atoms with Gasteiger partial charge in [-0.05, 0) is 68.1 Å². The Kier molecular flexibility index (Phi) is 10.0. The number of carbonyl (C=O) groups is 2. The number of hydrogen-bond donors (Lipinski definition) is 2. The number of halogens is 1. The van der Waals surface area contributed by atoms with E-state index in [0.717, 1.165) is 52.1 Å². The fourth-order valence-electron chi connectivity index (χ4n) is 5.03. The molecule has 46 heavy (non-hydrogen) atoms. The highest BCUT2D eigenvalue weighted by Gasteiger charge is 2.47. The SMILES string of the molecule is CC(C)(C)OC(=O)N(c1cccc(C(N)(Cc2ccc(C3=NCCS3)cc2)S(=O)(=O)c2ccc(F)cc2)n1)C(C(=O)O)C(C)(C)C. The maximum atomic E-state index is 14.3. The molecule has 0 aliphatic carbocycles. The van der Waals surface area contributed by atoms with Crippen LogP contribution in [0.2, 0.25) is 0 Å². The monoisotopic (exact) mass is 670 g/mol. The molecule has 2 aromatic carbocycles. The van der Waals surface area contributed by atoms with Gasteiger partial charge in [-0.1, -0.05) is 51.1 Å². The zero-order chi connectivity index (χ0) is 34.1. The number of rotatable bonds is 9. The van der Waals surface area contributed by atoms with Crippen molar-refractivity contribution >= 4 is 44.5 Å². The number of aliphatic imine (C=N–C) groups is 1. The molecular weight excluding hydrogens is 632 g/mol. The summed E-state index contributed by atoms with van der Waals surface area (Å²) in [5.41, 5.74) is 6.24. The number of hydrogen-bond acceptors (Lipinski definition) is 9. The molecule has 2 atom stereocenters. The predicted octanol–water partition coefficient (Wildman–Crippen LogP) is 5.78. The number of ether oxygens (including phenoxy) is 1. The van der Waals surface area contributed by atoms with E-state index in [-0.39, 0.29) is 22.8 Å². The molecule has 3 N–H and O–H groups in total. The normalized spacial score (nSPS) is 15.9. The van der Waals surface area contributed by atoms with E-state index in [1.165, 1.54) is 18.2 Å². The molecule has 10 nitrogen and oxygen atoms in total. The van der Waals surface area contributed by atoms with Crippen LogP contribution >= 0.6 is 11.8 Å². The number of benzene rings is 2. The summed E-state index contributed by atoms with van der Waals surface area (Å²) in [6, 6.07) is 14.3. The number of anilines is 1. The minimum atomic E-state index is -4.48. The van der Waals surface area contributed by atoms with Gasteiger partial charge in [0.2, 0.25) is 9.84 Å². The molecule has 0 bridgehead atoms. The lowest BCUT2D eigenvalue weighted by Gasteiger charge is -2.38. The molecule has 1 amide bonds. The van der Waals surface area contributed by atoms with Gasteiger partial charge in [-0.15, -0.1) is 11.8 Å². The fourth-order valence-corrected chi connectivity index (χ4v) is 7.55. The molecule has 13 heteroatoms. The van der Waals surface area contributed by atoms with Gasteiger partial charge in [0.25, 0.3) is 0 Å². The first-order valence-electron chi connectivity index (χ1n) is 14.6. The third-order valence-electron chi connectivity index (χ3n) is 7.17. The highest BCUT2D eigenvalue weighted by molar-refractivity contribution is 8.14. The van der Waals surface area contributed by atoms with E-state index in [4.69, 9.17) is 10.5 Å². The van der Waals surface area contributed by atoms with Crippen molar-refractivity contribution in [1.29, 1.82) is 0 Å². The Hall–Kier alpha value is -3.81. The number of carboxylic acids is 1. The second-order valence-electron chi connectivity index (χ2n) is 13.1. The lowest BCUT2D eigenvalue weighted by Crippen LogP contribution is -2.54. The Labute approximate surface area is 273 Å². The summed E-state index contributed by atoms with van der Waals surface area (Å²) in [4.78, 5) is 33.7. The van der Waals surface area contributed by atoms with Crippen LogP contribution in [0.5, 0.6) is 0 Å². The molecule has 1 aliphatic rings. The third-order valence-corrected chi connectivity index (χ3v) is 10.4. The van der Waals surface area contributed by atoms with Crippen molar-refractivity contribution in [3.63, 3.8) is 0 Å². The van der Waals surface area contributed by atoms with Crippen LogP contribution in [0.3, 0.4) is 0 Å². The van der Waals surface area contributed by atoms with E-state index in [0.29, 0.717) is 5.56 Å². The van der Waals surface area contributed by atoms with Crippen molar-refractivity contribution in [3.8, 4) is 0 Å². The van der Waals surface area contributed by atoms with E-state index in [2.05, 4.69) is 9.98 Å². The minimum absolute atomic E-state index is 0.152. The van der Waals surface area contributed by atoms with Crippen LogP contribution in [-0.2, 0) is 30.7 Å². The summed E-state index contributed by atoms with van der Waals surface area (Å²) in [5, 5.41) is 11.2. The largest absolute Gasteiger partial charge is 0.480 e. The zero-order valence-electron chi connectivity index (χ0n) is 26.7. The average molecular weight is 671 g/mol. The van der Waals surface area contributed by atoms with Gasteiger partial charge < -0.3 is 15.6 Å². The number of nitrogens with zero attached hydrogens (tertiary/aromatic N) is 3. The van der Waals surface area contributed by atoms with Crippen LogP contribution < -0.4 is 10.6 Å². The number of pyridine rings is 1. The topological polar surface area (TPSA) is 152 Å². The van der Waals surface area contributed by atoms with Crippen molar-refractivity contribution in [2.75, 3.05) is 17.2 Å². The Bertz CT molecular complexity index is 1730. The van der Waals surface area contributed by atoms with Gasteiger partial charge in [-0.25, -0.2) is 32.3 Å². The smallest absolute Gasteiger partial charge is 0.416 e. The zero-order valence-corrected chi connectivity index (χ0v) is 28.3. The Morgan fingerprint density at radius 2 is 1.65 bits per heavy atom. The highest BCUT2D eigenvalue weighted by atomic mass is 32.2. The maximum Gasteiger partial charge on any atom is 0.416 e. The fraction of sp³-hybridized carbons (Fsp3) is 0.394. The van der Waals surface area contributed by atoms with Gasteiger partial charge in [0.15, 0.2) is 4.87 Å². The van der Waals surface area contributed by atoms with E-state index in [1.54, 1.807) is 65.4 Å². The van der Waals surface area contributed by atoms with E-state index in [1.807, 2.05) is 12.1 Å². The molecule has 1 aromatic heterocycles. The first-order chi connectivity index (χ1) is 21.3. The van der Waals surface area contributed by atoms with Gasteiger partial charge in [0.05, 0.1) is 15.6 Å². The molecule has 0 fully saturated rings. The molecule has 4 rings (SSSR count). The summed E-state index contributed by atoms with van der Waals surface area (Å²) in [6.45, 7) is 10.6. The van der Waals surface area contributed by atoms with Gasteiger partial charge in [-0.3, -0.25) is 4.99 Å². The summed E-state index contributed by atoms with van der Waals surface area (Å²) in [5.74, 6) is -1.21. The number of carbonyl (C=O) groups excluding carboxylic acids is 1. The van der Waals surface area contributed by atoms with Gasteiger partial charge in [0.1, 0.15) is 23.3 Å². The van der Waals surface area contributed by atoms with Crippen molar-refractivity contribution in [2.24, 2.45) is 16.1 Å². The summed E-state index contributed by atoms with van der Waals surface area (Å²) in [7, 11) is -4.48. The first-order valence-corrected chi connectivity index (χ1v) is 17.1. The maximum absolute atomic E-state index is 14.3. The van der Waals surface area contributed by atoms with Gasteiger partial charge >= 0.3 is 12.1 Å². The minimum Gasteiger partial charge on any atom is -0.480 e. The van der Waals surface area contributed by atoms with Gasteiger partial charge in [0, 0.05) is 24.3 Å². The number of thioether (sulfide) groups is 1. The van der Waals surface area contributed by atoms with Gasteiger partial charge in [-0.2, -0.15) is 0 Å². The lowest BCUT2D eigenvalue weighted by atomic mass is 9.85. The van der Waals surface area contributed by atoms with E-state index < -0.39 is 49.6 Å². The highest BCUT2D eigenvalue weighted by Crippen LogP contribution is 2.36. The molecule has 2 unspecified atom stereocenters. The van der Waals surface area contributed by atoms with Crippen molar-refractivity contribution < 1.29 is 32.2 Å². The number of aromatic nitrogens is 1. The number of carboxylic acid groups (broad SMARTS) is 1. The van der Waals surface area contributed by atoms with Crippen LogP contribution in [0.15, 0.2) is 76.6 Å². The average Bonchev–Trinajstić information content (AvgIpc) is 3.50. The van der Waals surface area contributed by atoms with Crippen molar-refractivity contribution in [1.82, 2.24) is 4.98 Å². The Morgan fingerprint density at radius 1 is 1.02 bits per heavy atom. The second-order valence-corrected chi connectivity index (χ2v) is 16.4. The quantitative estimate of drug-likeness (QED) is 0.270. The van der Waals surface area contributed by atoms with Crippen LogP contribution in [0.25, 0.3) is 0 Å². The van der Waals surface area contributed by atoms with Crippen LogP contribution in [-0.4, -0.2) is 59.6 Å². The molecule has 0 saturated carbocycles. The van der Waals surface area contributed by atoms with Crippen molar-refractivity contribution in [3.05, 3.63) is 89.4 Å². The standard InChI is InChI=1S/C33H39FN4O6S2/c1-31(2,3)27(29(39)40)38(30(41)44-32(4,5)6)26-9-7-8-25(37-26)33(35,46(42,43)24-16-14-23(34)15-17-24)20-21-10-12-22(13-11-21)28-36-18-19-45-28/h7-17,27H,18-20,35H2,1-6H3,(H,39,40). The number of amides is 1. The summed E-state index contributed by atoms with van der Waals surface area (Å²) < 4.78 is 48.1. The molecule has 246 valence electrons. The van der Waals surface area contributed by atoms with Crippen LogP contribution in [0.1, 0.15) is 58.4 Å². The Morgan fingerprint density at radius 3 is 2.17 bits per heavy atom.